The third-order valence-corrected chi connectivity index (χ3v) is 3.60. The monoisotopic (exact) mass is 300 g/mol. The smallest absolute Gasteiger partial charge is 0.0877 e. The molecule has 0 atom stereocenters. The van der Waals surface area contributed by atoms with Gasteiger partial charge in [-0.25, -0.2) is 4.68 Å². The van der Waals surface area contributed by atoms with Gasteiger partial charge in [0.05, 0.1) is 11.4 Å². The lowest BCUT2D eigenvalue weighted by molar-refractivity contribution is 0.766. The van der Waals surface area contributed by atoms with Crippen molar-refractivity contribution in [2.45, 2.75) is 20.0 Å². The van der Waals surface area contributed by atoms with Gasteiger partial charge in [-0.15, -0.1) is 0 Å². The van der Waals surface area contributed by atoms with Gasteiger partial charge in [0.2, 0.25) is 0 Å². The fraction of sp³-hybridized carbons (Fsp3) is 0.188. The molecule has 21 heavy (non-hydrogen) atoms. The number of anilines is 1. The number of halogens is 1. The van der Waals surface area contributed by atoms with E-state index in [0.717, 1.165) is 24.5 Å². The second-order valence-corrected chi connectivity index (χ2v) is 5.25. The molecule has 0 spiro atoms. The molecule has 0 amide bonds. The predicted molar refractivity (Wildman–Crippen MR) is 86.0 cm³/mol. The average Bonchev–Trinajstić information content (AvgIpc) is 3.16. The van der Waals surface area contributed by atoms with Crippen LogP contribution in [-0.4, -0.2) is 14.3 Å². The quantitative estimate of drug-likeness (QED) is 0.774. The molecule has 0 unspecified atom stereocenters. The minimum absolute atomic E-state index is 0.708. The number of benzene rings is 1. The second kappa shape index (κ2) is 6.06. The molecule has 0 aliphatic carbocycles. The van der Waals surface area contributed by atoms with E-state index in [1.165, 1.54) is 5.56 Å². The van der Waals surface area contributed by atoms with Crippen LogP contribution in [0.15, 0.2) is 55.1 Å². The van der Waals surface area contributed by atoms with Crippen LogP contribution in [0.5, 0.6) is 0 Å². The van der Waals surface area contributed by atoms with Crippen LogP contribution in [0.4, 0.5) is 5.69 Å². The molecule has 0 aliphatic heterocycles. The van der Waals surface area contributed by atoms with Gasteiger partial charge in [-0.05, 0) is 42.8 Å². The average molecular weight is 301 g/mol. The highest BCUT2D eigenvalue weighted by molar-refractivity contribution is 6.31. The van der Waals surface area contributed by atoms with E-state index in [4.69, 9.17) is 11.6 Å². The molecular formula is C16H17ClN4. The fourth-order valence-electron chi connectivity index (χ4n) is 2.25. The molecule has 2 heterocycles. The largest absolute Gasteiger partial charge is 0.379 e. The van der Waals surface area contributed by atoms with E-state index in [1.54, 1.807) is 6.20 Å². The molecule has 1 N–H and O–H groups in total. The Bertz CT molecular complexity index is 716. The molecule has 5 heteroatoms. The van der Waals surface area contributed by atoms with E-state index >= 15 is 0 Å². The van der Waals surface area contributed by atoms with Crippen molar-refractivity contribution in [2.24, 2.45) is 0 Å². The van der Waals surface area contributed by atoms with Gasteiger partial charge in [0.1, 0.15) is 0 Å². The van der Waals surface area contributed by atoms with Crippen LogP contribution in [0.3, 0.4) is 0 Å². The summed E-state index contributed by atoms with van der Waals surface area (Å²) in [6.45, 7) is 3.86. The van der Waals surface area contributed by atoms with Crippen LogP contribution in [0.2, 0.25) is 5.02 Å². The van der Waals surface area contributed by atoms with E-state index < -0.39 is 0 Å². The minimum Gasteiger partial charge on any atom is -0.379 e. The van der Waals surface area contributed by atoms with Gasteiger partial charge in [-0.1, -0.05) is 11.6 Å². The molecule has 0 radical (unpaired) electrons. The van der Waals surface area contributed by atoms with Crippen molar-refractivity contribution in [2.75, 3.05) is 5.32 Å². The van der Waals surface area contributed by atoms with Crippen LogP contribution < -0.4 is 5.32 Å². The molecule has 1 aromatic carbocycles. The molecule has 2 aromatic heterocycles. The fourth-order valence-corrected chi connectivity index (χ4v) is 2.42. The summed E-state index contributed by atoms with van der Waals surface area (Å²) in [6, 6.07) is 9.79. The standard InChI is InChI=1S/C16H17ClN4/c1-2-20-9-6-13(12-20)11-18-15-10-14(17)4-5-16(15)21-8-3-7-19-21/h3-10,12,18H,2,11H2,1H3. The van der Waals surface area contributed by atoms with Crippen molar-refractivity contribution in [3.8, 4) is 5.69 Å². The molecule has 0 saturated heterocycles. The zero-order valence-electron chi connectivity index (χ0n) is 11.8. The van der Waals surface area contributed by atoms with Gasteiger partial charge in [0.15, 0.2) is 0 Å². The van der Waals surface area contributed by atoms with E-state index in [2.05, 4.69) is 40.4 Å². The summed E-state index contributed by atoms with van der Waals surface area (Å²) in [4.78, 5) is 0. The molecule has 0 saturated carbocycles. The van der Waals surface area contributed by atoms with Gasteiger partial charge < -0.3 is 9.88 Å². The highest BCUT2D eigenvalue weighted by atomic mass is 35.5. The predicted octanol–water partition coefficient (Wildman–Crippen LogP) is 3.96. The van der Waals surface area contributed by atoms with E-state index in [1.807, 2.05) is 35.1 Å². The topological polar surface area (TPSA) is 34.8 Å². The Balaban J connectivity index is 1.82. The minimum atomic E-state index is 0.708. The second-order valence-electron chi connectivity index (χ2n) is 4.82. The molecule has 3 aromatic rings. The number of nitrogens with one attached hydrogen (secondary N) is 1. The third-order valence-electron chi connectivity index (χ3n) is 3.37. The summed E-state index contributed by atoms with van der Waals surface area (Å²) in [5.41, 5.74) is 3.19. The number of nitrogens with zero attached hydrogens (tertiary/aromatic N) is 3. The van der Waals surface area contributed by atoms with Crippen LogP contribution in [0.25, 0.3) is 5.69 Å². The number of hydrogen-bond donors (Lipinski definition) is 1. The number of rotatable bonds is 5. The Morgan fingerprint density at radius 2 is 2.14 bits per heavy atom. The van der Waals surface area contributed by atoms with E-state index in [-0.39, 0.29) is 0 Å². The Morgan fingerprint density at radius 3 is 2.86 bits per heavy atom. The van der Waals surface area contributed by atoms with Crippen LogP contribution >= 0.6 is 11.6 Å². The molecule has 0 fully saturated rings. The van der Waals surface area contributed by atoms with Crippen molar-refractivity contribution in [1.29, 1.82) is 0 Å². The Labute approximate surface area is 129 Å². The van der Waals surface area contributed by atoms with Gasteiger partial charge in [-0.3, -0.25) is 0 Å². The molecular weight excluding hydrogens is 284 g/mol. The first-order valence-electron chi connectivity index (χ1n) is 6.94. The SMILES string of the molecule is CCn1ccc(CNc2cc(Cl)ccc2-n2cccn2)c1. The van der Waals surface area contributed by atoms with Crippen molar-refractivity contribution in [1.82, 2.24) is 14.3 Å². The number of aryl methyl sites for hydroxylation is 1. The summed E-state index contributed by atoms with van der Waals surface area (Å²) in [5.74, 6) is 0. The highest BCUT2D eigenvalue weighted by Crippen LogP contribution is 2.24. The normalized spacial score (nSPS) is 10.8. The Morgan fingerprint density at radius 1 is 1.24 bits per heavy atom. The molecule has 4 nitrogen and oxygen atoms in total. The van der Waals surface area contributed by atoms with Crippen LogP contribution in [-0.2, 0) is 13.1 Å². The van der Waals surface area contributed by atoms with Gasteiger partial charge in [0.25, 0.3) is 0 Å². The van der Waals surface area contributed by atoms with E-state index in [9.17, 15) is 0 Å². The maximum Gasteiger partial charge on any atom is 0.0877 e. The zero-order valence-corrected chi connectivity index (χ0v) is 12.6. The first-order chi connectivity index (χ1) is 10.3. The lowest BCUT2D eigenvalue weighted by atomic mass is 10.2. The Hall–Kier alpha value is -2.20. The first kappa shape index (κ1) is 13.8. The summed E-state index contributed by atoms with van der Waals surface area (Å²) in [7, 11) is 0. The maximum atomic E-state index is 6.11. The highest BCUT2D eigenvalue weighted by Gasteiger charge is 2.06. The van der Waals surface area contributed by atoms with Crippen LogP contribution in [0.1, 0.15) is 12.5 Å². The van der Waals surface area contributed by atoms with Gasteiger partial charge in [0, 0.05) is 42.9 Å². The van der Waals surface area contributed by atoms with Crippen molar-refractivity contribution in [3.63, 3.8) is 0 Å². The molecule has 108 valence electrons. The van der Waals surface area contributed by atoms with Gasteiger partial charge in [-0.2, -0.15) is 5.10 Å². The number of aromatic nitrogens is 3. The summed E-state index contributed by atoms with van der Waals surface area (Å²) < 4.78 is 3.99. The van der Waals surface area contributed by atoms with Gasteiger partial charge >= 0.3 is 0 Å². The summed E-state index contributed by atoms with van der Waals surface area (Å²) in [5, 5.41) is 8.42. The number of hydrogen-bond acceptors (Lipinski definition) is 2. The third kappa shape index (κ3) is 3.11. The lowest BCUT2D eigenvalue weighted by Crippen LogP contribution is -2.04. The molecule has 0 bridgehead atoms. The van der Waals surface area contributed by atoms with Crippen molar-refractivity contribution < 1.29 is 0 Å². The summed E-state index contributed by atoms with van der Waals surface area (Å²) in [6.07, 6.45) is 7.91. The summed E-state index contributed by atoms with van der Waals surface area (Å²) >= 11 is 6.11. The van der Waals surface area contributed by atoms with Crippen molar-refractivity contribution in [3.05, 3.63) is 65.7 Å². The zero-order chi connectivity index (χ0) is 14.7. The molecule has 0 aliphatic rings. The Kier molecular flexibility index (Phi) is 3.97. The maximum absolute atomic E-state index is 6.11. The lowest BCUT2D eigenvalue weighted by Gasteiger charge is -2.12. The van der Waals surface area contributed by atoms with E-state index in [0.29, 0.717) is 5.02 Å². The van der Waals surface area contributed by atoms with Crippen LogP contribution in [0, 0.1) is 0 Å². The van der Waals surface area contributed by atoms with Crippen molar-refractivity contribution >= 4 is 17.3 Å². The first-order valence-corrected chi connectivity index (χ1v) is 7.32. The molecule has 3 rings (SSSR count).